The van der Waals surface area contributed by atoms with Crippen molar-refractivity contribution in [3.05, 3.63) is 56.9 Å². The number of aromatic nitrogens is 2. The van der Waals surface area contributed by atoms with Crippen LogP contribution in [0.4, 0.5) is 0 Å². The molecule has 3 N–H and O–H groups in total. The Labute approximate surface area is 341 Å². The highest BCUT2D eigenvalue weighted by Crippen LogP contribution is 2.42. The Morgan fingerprint density at radius 1 is 0.931 bits per heavy atom. The van der Waals surface area contributed by atoms with Gasteiger partial charge in [-0.15, -0.1) is 0 Å². The second-order valence-corrected chi connectivity index (χ2v) is 16.3. The normalized spacial score (nSPS) is 16.1. The number of pyridine rings is 2. The molecule has 0 saturated heterocycles. The van der Waals surface area contributed by atoms with Gasteiger partial charge in [0.15, 0.2) is 0 Å². The first-order valence-electron chi connectivity index (χ1n) is 21.4. The fourth-order valence-corrected chi connectivity index (χ4v) is 8.27. The third-order valence-electron chi connectivity index (χ3n) is 11.5. The minimum atomic E-state index is -1.93. The van der Waals surface area contributed by atoms with E-state index in [9.17, 15) is 34.2 Å². The lowest BCUT2D eigenvalue weighted by Gasteiger charge is -2.35. The van der Waals surface area contributed by atoms with E-state index in [1.54, 1.807) is 29.7 Å². The SMILES string of the molecule is CCCCCCCCCCCCCCCCC(NC(=O)CCC(=O)O[C@]1(CC)C(=O)OCc2c1cc1n(c2=O)Cc2cc3c(CN(C)C)c(O)ccc3nc2-1)C(=O)O. The summed E-state index contributed by atoms with van der Waals surface area (Å²) in [5.41, 5.74) is 1.19. The van der Waals surface area contributed by atoms with Gasteiger partial charge in [-0.25, -0.2) is 14.6 Å². The van der Waals surface area contributed by atoms with E-state index in [4.69, 9.17) is 14.5 Å². The maximum atomic E-state index is 14.0. The third kappa shape index (κ3) is 10.6. The van der Waals surface area contributed by atoms with Crippen LogP contribution in [0.2, 0.25) is 0 Å². The summed E-state index contributed by atoms with van der Waals surface area (Å²) in [5.74, 6) is -3.28. The molecular weight excluding hydrogens is 741 g/mol. The van der Waals surface area contributed by atoms with Crippen LogP contribution in [0.5, 0.6) is 5.75 Å². The summed E-state index contributed by atoms with van der Waals surface area (Å²) in [6.45, 7) is 4.29. The molecule has 2 aliphatic rings. The van der Waals surface area contributed by atoms with Gasteiger partial charge in [-0.3, -0.25) is 14.4 Å². The number of carboxylic acids is 1. The average Bonchev–Trinajstić information content (AvgIpc) is 3.55. The van der Waals surface area contributed by atoms with Crippen LogP contribution in [0.15, 0.2) is 29.1 Å². The van der Waals surface area contributed by atoms with Crippen LogP contribution in [0, 0.1) is 0 Å². The van der Waals surface area contributed by atoms with Crippen LogP contribution in [0.1, 0.15) is 152 Å². The van der Waals surface area contributed by atoms with Crippen LogP contribution in [-0.4, -0.2) is 68.6 Å². The molecule has 13 heteroatoms. The molecule has 0 aliphatic carbocycles. The first-order chi connectivity index (χ1) is 27.9. The number of phenolic OH excluding ortho intramolecular Hbond substituents is 1. The Bertz CT molecular complexity index is 2010. The lowest BCUT2D eigenvalue weighted by molar-refractivity contribution is -0.189. The Hall–Kier alpha value is -4.78. The first-order valence-corrected chi connectivity index (χ1v) is 21.4. The number of nitrogens with one attached hydrogen (secondary N) is 1. The van der Waals surface area contributed by atoms with E-state index in [0.717, 1.165) is 30.2 Å². The molecule has 13 nitrogen and oxygen atoms in total. The number of aromatic hydroxyl groups is 1. The van der Waals surface area contributed by atoms with E-state index < -0.39 is 47.4 Å². The largest absolute Gasteiger partial charge is 0.508 e. The molecule has 5 rings (SSSR count). The van der Waals surface area contributed by atoms with Crippen molar-refractivity contribution >= 4 is 34.7 Å². The Kier molecular flexibility index (Phi) is 15.9. The highest BCUT2D eigenvalue weighted by atomic mass is 16.6. The minimum Gasteiger partial charge on any atom is -0.508 e. The smallest absolute Gasteiger partial charge is 0.355 e. The molecule has 316 valence electrons. The van der Waals surface area contributed by atoms with Crippen molar-refractivity contribution in [3.63, 3.8) is 0 Å². The number of ether oxygens (including phenoxy) is 2. The Morgan fingerprint density at radius 3 is 2.17 bits per heavy atom. The number of unbranched alkanes of at least 4 members (excludes halogenated alkanes) is 13. The van der Waals surface area contributed by atoms with Gasteiger partial charge in [0.1, 0.15) is 18.4 Å². The van der Waals surface area contributed by atoms with Gasteiger partial charge in [0.25, 0.3) is 5.56 Å². The predicted octanol–water partition coefficient (Wildman–Crippen LogP) is 7.62. The molecule has 1 unspecified atom stereocenters. The quantitative estimate of drug-likeness (QED) is 0.0469. The second kappa shape index (κ2) is 20.8. The molecule has 2 aliphatic heterocycles. The molecule has 0 spiro atoms. The summed E-state index contributed by atoms with van der Waals surface area (Å²) in [4.78, 5) is 72.4. The van der Waals surface area contributed by atoms with Gasteiger partial charge in [0.05, 0.1) is 35.4 Å². The molecule has 4 heterocycles. The highest BCUT2D eigenvalue weighted by Gasteiger charge is 2.50. The molecule has 1 amide bonds. The van der Waals surface area contributed by atoms with Gasteiger partial charge >= 0.3 is 17.9 Å². The second-order valence-electron chi connectivity index (χ2n) is 16.3. The number of hydrogen-bond donors (Lipinski definition) is 3. The summed E-state index contributed by atoms with van der Waals surface area (Å²) in [5, 5.41) is 23.7. The van der Waals surface area contributed by atoms with Gasteiger partial charge in [0.2, 0.25) is 11.5 Å². The zero-order valence-corrected chi connectivity index (χ0v) is 34.8. The fraction of sp³-hybridized carbons (Fsp3) is 0.600. The molecular formula is C45H62N4O9. The molecule has 2 aromatic heterocycles. The number of nitrogens with zero attached hydrogens (tertiary/aromatic N) is 3. The highest BCUT2D eigenvalue weighted by molar-refractivity contribution is 5.91. The Morgan fingerprint density at radius 2 is 1.57 bits per heavy atom. The van der Waals surface area contributed by atoms with Gasteiger partial charge in [-0.05, 0) is 51.2 Å². The van der Waals surface area contributed by atoms with Gasteiger partial charge in [-0.2, -0.15) is 0 Å². The van der Waals surface area contributed by atoms with Crippen LogP contribution in [0.25, 0.3) is 22.3 Å². The van der Waals surface area contributed by atoms with Crippen molar-refractivity contribution in [2.75, 3.05) is 14.1 Å². The molecule has 0 bridgehead atoms. The van der Waals surface area contributed by atoms with Gasteiger partial charge in [-0.1, -0.05) is 104 Å². The summed E-state index contributed by atoms with van der Waals surface area (Å²) in [6.07, 6.45) is 16.1. The Balaban J connectivity index is 1.16. The summed E-state index contributed by atoms with van der Waals surface area (Å²) in [6, 6.07) is 5.83. The van der Waals surface area contributed by atoms with E-state index in [0.29, 0.717) is 41.9 Å². The lowest BCUT2D eigenvalue weighted by Crippen LogP contribution is -2.47. The molecule has 2 atom stereocenters. The standard InChI is InChI=1S/C45H62N4O9/c1-5-7-8-9-10-11-12-13-14-15-16-17-18-19-20-36(43(54)55)46-39(51)23-24-40(52)58-45(6-2)34-26-37-41-30(27-49(37)42(53)33(34)29-57-44(45)56)25-31-32(28-48(3)4)38(50)22-21-35(31)47-41/h21-22,25-26,36,50H,5-20,23-24,27-29H2,1-4H3,(H,46,51)(H,54,55)/t36?,45-/m0/s1. The number of fused-ring (bicyclic) bond motifs is 5. The van der Waals surface area contributed by atoms with E-state index in [1.165, 1.54) is 64.2 Å². The van der Waals surface area contributed by atoms with Crippen molar-refractivity contribution in [3.8, 4) is 17.1 Å². The third-order valence-corrected chi connectivity index (χ3v) is 11.5. The number of carboxylic acid groups (broad SMARTS) is 1. The number of carbonyl (C=O) groups is 4. The molecule has 0 fully saturated rings. The van der Waals surface area contributed by atoms with Gasteiger partial charge in [0, 0.05) is 35.0 Å². The topological polar surface area (TPSA) is 177 Å². The monoisotopic (exact) mass is 802 g/mol. The maximum absolute atomic E-state index is 14.0. The molecule has 1 aromatic carbocycles. The molecule has 3 aromatic rings. The van der Waals surface area contributed by atoms with Crippen LogP contribution in [0.3, 0.4) is 0 Å². The summed E-state index contributed by atoms with van der Waals surface area (Å²) < 4.78 is 12.9. The summed E-state index contributed by atoms with van der Waals surface area (Å²) in [7, 11) is 3.81. The van der Waals surface area contributed by atoms with Crippen molar-refractivity contribution in [2.24, 2.45) is 0 Å². The van der Waals surface area contributed by atoms with Crippen molar-refractivity contribution in [1.82, 2.24) is 19.8 Å². The fourth-order valence-electron chi connectivity index (χ4n) is 8.27. The zero-order valence-electron chi connectivity index (χ0n) is 34.8. The van der Waals surface area contributed by atoms with Crippen LogP contribution >= 0.6 is 0 Å². The van der Waals surface area contributed by atoms with E-state index in [-0.39, 0.29) is 42.9 Å². The molecule has 58 heavy (non-hydrogen) atoms. The number of hydrogen-bond acceptors (Lipinski definition) is 10. The zero-order chi connectivity index (χ0) is 41.8. The number of amides is 1. The van der Waals surface area contributed by atoms with Crippen LogP contribution in [-0.2, 0) is 53.9 Å². The van der Waals surface area contributed by atoms with E-state index in [2.05, 4.69) is 12.2 Å². The number of aliphatic carboxylic acids is 1. The molecule has 0 radical (unpaired) electrons. The maximum Gasteiger partial charge on any atom is 0.355 e. The van der Waals surface area contributed by atoms with Crippen molar-refractivity contribution in [2.45, 2.75) is 161 Å². The number of benzene rings is 1. The number of esters is 2. The number of cyclic esters (lactones) is 1. The summed E-state index contributed by atoms with van der Waals surface area (Å²) >= 11 is 0. The van der Waals surface area contributed by atoms with E-state index in [1.807, 2.05) is 25.1 Å². The predicted molar refractivity (Wildman–Crippen MR) is 221 cm³/mol. The number of rotatable bonds is 24. The van der Waals surface area contributed by atoms with Crippen molar-refractivity contribution in [1.29, 1.82) is 0 Å². The number of phenols is 1. The number of carbonyl (C=O) groups excluding carboxylic acids is 3. The van der Waals surface area contributed by atoms with Gasteiger partial charge < -0.3 is 34.5 Å². The van der Waals surface area contributed by atoms with Crippen molar-refractivity contribution < 1.29 is 38.9 Å². The first kappa shape index (κ1) is 44.3. The van der Waals surface area contributed by atoms with Crippen LogP contribution < -0.4 is 10.9 Å². The van der Waals surface area contributed by atoms with E-state index >= 15 is 0 Å². The average molecular weight is 803 g/mol. The minimum absolute atomic E-state index is 0.0366. The molecule has 0 saturated carbocycles. The lowest BCUT2D eigenvalue weighted by atomic mass is 9.85.